The number of hydrogen-bond acceptors (Lipinski definition) is 4. The number of rotatable bonds is 5. The first-order chi connectivity index (χ1) is 10.9. The number of aromatic carboxylic acids is 1. The van der Waals surface area contributed by atoms with Gasteiger partial charge in [-0.1, -0.05) is 0 Å². The smallest absolute Gasteiger partial charge is 0.343 e. The fourth-order valence-electron chi connectivity index (χ4n) is 1.78. The monoisotopic (exact) mass is 442 g/mol. The molecule has 2 rings (SSSR count). The van der Waals surface area contributed by atoms with Crippen molar-refractivity contribution >= 4 is 43.8 Å². The van der Waals surface area contributed by atoms with Gasteiger partial charge in [0, 0.05) is 0 Å². The fourth-order valence-corrected chi connectivity index (χ4v) is 2.73. The summed E-state index contributed by atoms with van der Waals surface area (Å²) in [6.07, 6.45) is 0. The van der Waals surface area contributed by atoms with Gasteiger partial charge in [-0.15, -0.1) is 0 Å². The second-order valence-corrected chi connectivity index (χ2v) is 6.13. The number of esters is 1. The summed E-state index contributed by atoms with van der Waals surface area (Å²) in [6.45, 7) is 2.39. The van der Waals surface area contributed by atoms with Crippen LogP contribution in [-0.2, 0) is 0 Å². The maximum atomic E-state index is 12.2. The number of carbonyl (C=O) groups excluding carboxylic acids is 1. The summed E-state index contributed by atoms with van der Waals surface area (Å²) in [7, 11) is 0. The average Bonchev–Trinajstić information content (AvgIpc) is 2.51. The van der Waals surface area contributed by atoms with Crippen LogP contribution in [0.5, 0.6) is 11.5 Å². The minimum absolute atomic E-state index is 0.0977. The van der Waals surface area contributed by atoms with E-state index in [4.69, 9.17) is 14.6 Å². The highest BCUT2D eigenvalue weighted by molar-refractivity contribution is 9.10. The summed E-state index contributed by atoms with van der Waals surface area (Å²) in [6, 6.07) is 9.04. The van der Waals surface area contributed by atoms with E-state index in [1.54, 1.807) is 18.2 Å². The molecule has 7 heteroatoms. The molecule has 0 aromatic heterocycles. The second-order valence-electron chi connectivity index (χ2n) is 4.42. The van der Waals surface area contributed by atoms with Gasteiger partial charge in [0.05, 0.1) is 26.7 Å². The van der Waals surface area contributed by atoms with Crippen LogP contribution in [0.15, 0.2) is 45.3 Å². The molecule has 120 valence electrons. The van der Waals surface area contributed by atoms with E-state index in [1.807, 2.05) is 6.92 Å². The zero-order valence-corrected chi connectivity index (χ0v) is 15.2. The quantitative estimate of drug-likeness (QED) is 0.542. The molecular formula is C16H12Br2O5. The van der Waals surface area contributed by atoms with E-state index in [2.05, 4.69) is 31.9 Å². The first-order valence-electron chi connectivity index (χ1n) is 6.59. The van der Waals surface area contributed by atoms with E-state index in [0.29, 0.717) is 26.9 Å². The maximum Gasteiger partial charge on any atom is 0.343 e. The van der Waals surface area contributed by atoms with Gasteiger partial charge in [0.25, 0.3) is 0 Å². The highest BCUT2D eigenvalue weighted by Gasteiger charge is 2.14. The molecule has 0 fully saturated rings. The molecule has 0 unspecified atom stereocenters. The molecule has 0 heterocycles. The zero-order chi connectivity index (χ0) is 17.0. The van der Waals surface area contributed by atoms with Gasteiger partial charge < -0.3 is 14.6 Å². The summed E-state index contributed by atoms with van der Waals surface area (Å²) in [5.74, 6) is -0.738. The number of benzene rings is 2. The number of carboxylic acids is 1. The third-order valence-electron chi connectivity index (χ3n) is 2.85. The third-order valence-corrected chi connectivity index (χ3v) is 4.09. The van der Waals surface area contributed by atoms with Gasteiger partial charge in [-0.3, -0.25) is 0 Å². The van der Waals surface area contributed by atoms with E-state index >= 15 is 0 Å². The normalized spacial score (nSPS) is 10.2. The van der Waals surface area contributed by atoms with Crippen molar-refractivity contribution in [2.24, 2.45) is 0 Å². The predicted molar refractivity (Wildman–Crippen MR) is 91.4 cm³/mol. The molecule has 0 saturated heterocycles. The lowest BCUT2D eigenvalue weighted by Gasteiger charge is -2.09. The van der Waals surface area contributed by atoms with Gasteiger partial charge in [-0.25, -0.2) is 9.59 Å². The van der Waals surface area contributed by atoms with Gasteiger partial charge in [-0.2, -0.15) is 0 Å². The minimum Gasteiger partial charge on any atom is -0.493 e. The van der Waals surface area contributed by atoms with E-state index in [-0.39, 0.29) is 11.3 Å². The van der Waals surface area contributed by atoms with E-state index < -0.39 is 11.9 Å². The molecule has 0 aliphatic carbocycles. The molecule has 5 nitrogen and oxygen atoms in total. The van der Waals surface area contributed by atoms with Gasteiger partial charge in [0.2, 0.25) is 0 Å². The largest absolute Gasteiger partial charge is 0.493 e. The van der Waals surface area contributed by atoms with Crippen LogP contribution >= 0.6 is 31.9 Å². The van der Waals surface area contributed by atoms with Gasteiger partial charge in [-0.05, 0) is 75.2 Å². The van der Waals surface area contributed by atoms with Gasteiger partial charge >= 0.3 is 11.9 Å². The second kappa shape index (κ2) is 7.61. The molecule has 0 bridgehead atoms. The Morgan fingerprint density at radius 1 is 1.00 bits per heavy atom. The Balaban J connectivity index is 2.19. The molecule has 0 aliphatic rings. The molecule has 0 amide bonds. The first-order valence-corrected chi connectivity index (χ1v) is 8.18. The lowest BCUT2D eigenvalue weighted by atomic mass is 10.2. The SMILES string of the molecule is CCOc1ccc(C(=O)Oc2ccc(C(=O)O)cc2Br)cc1Br. The zero-order valence-electron chi connectivity index (χ0n) is 12.0. The number of hydrogen-bond donors (Lipinski definition) is 1. The standard InChI is InChI=1S/C16H12Br2O5/c1-2-22-13-5-4-10(8-11(13)17)16(21)23-14-6-3-9(15(19)20)7-12(14)18/h3-8H,2H2,1H3,(H,19,20). The van der Waals surface area contributed by atoms with E-state index in [9.17, 15) is 9.59 Å². The van der Waals surface area contributed by atoms with Crippen LogP contribution in [0.4, 0.5) is 0 Å². The van der Waals surface area contributed by atoms with E-state index in [1.165, 1.54) is 18.2 Å². The minimum atomic E-state index is -1.06. The Kier molecular flexibility index (Phi) is 5.79. The number of carboxylic acid groups (broad SMARTS) is 1. The summed E-state index contributed by atoms with van der Waals surface area (Å²) in [5, 5.41) is 8.91. The van der Waals surface area contributed by atoms with Crippen molar-refractivity contribution in [1.29, 1.82) is 0 Å². The molecular weight excluding hydrogens is 432 g/mol. The van der Waals surface area contributed by atoms with Crippen molar-refractivity contribution in [3.8, 4) is 11.5 Å². The Bertz CT molecular complexity index is 758. The summed E-state index contributed by atoms with van der Waals surface area (Å²) >= 11 is 6.53. The van der Waals surface area contributed by atoms with Crippen LogP contribution < -0.4 is 9.47 Å². The van der Waals surface area contributed by atoms with Crippen molar-refractivity contribution in [1.82, 2.24) is 0 Å². The Morgan fingerprint density at radius 2 is 1.57 bits per heavy atom. The lowest BCUT2D eigenvalue weighted by Crippen LogP contribution is -2.09. The summed E-state index contributed by atoms with van der Waals surface area (Å²) < 4.78 is 11.7. The molecule has 2 aromatic rings. The molecule has 23 heavy (non-hydrogen) atoms. The lowest BCUT2D eigenvalue weighted by molar-refractivity contribution is 0.0696. The van der Waals surface area contributed by atoms with Crippen LogP contribution in [-0.4, -0.2) is 23.7 Å². The highest BCUT2D eigenvalue weighted by atomic mass is 79.9. The van der Waals surface area contributed by atoms with Gasteiger partial charge in [0.15, 0.2) is 0 Å². The molecule has 0 spiro atoms. The molecule has 2 aromatic carbocycles. The third kappa shape index (κ3) is 4.33. The highest BCUT2D eigenvalue weighted by Crippen LogP contribution is 2.29. The molecule has 0 aliphatic heterocycles. The molecule has 0 atom stereocenters. The molecule has 0 saturated carbocycles. The fraction of sp³-hybridized carbons (Fsp3) is 0.125. The van der Waals surface area contributed by atoms with Crippen molar-refractivity contribution in [2.75, 3.05) is 6.61 Å². The Hall–Kier alpha value is -1.86. The number of carbonyl (C=O) groups is 2. The molecule has 0 radical (unpaired) electrons. The first kappa shape index (κ1) is 17.5. The number of halogens is 2. The summed E-state index contributed by atoms with van der Waals surface area (Å²) in [5.41, 5.74) is 0.440. The topological polar surface area (TPSA) is 72.8 Å². The van der Waals surface area contributed by atoms with Crippen molar-refractivity contribution in [3.05, 3.63) is 56.5 Å². The van der Waals surface area contributed by atoms with Crippen molar-refractivity contribution in [3.63, 3.8) is 0 Å². The predicted octanol–water partition coefficient (Wildman–Crippen LogP) is 4.53. The summed E-state index contributed by atoms with van der Waals surface area (Å²) in [4.78, 5) is 23.1. The number of ether oxygens (including phenoxy) is 2. The van der Waals surface area contributed by atoms with E-state index in [0.717, 1.165) is 0 Å². The maximum absolute atomic E-state index is 12.2. The van der Waals surface area contributed by atoms with Gasteiger partial charge in [0.1, 0.15) is 11.5 Å². The van der Waals surface area contributed by atoms with Crippen LogP contribution in [0.1, 0.15) is 27.6 Å². The molecule has 1 N–H and O–H groups in total. The van der Waals surface area contributed by atoms with Crippen LogP contribution in [0, 0.1) is 0 Å². The van der Waals surface area contributed by atoms with Crippen LogP contribution in [0.3, 0.4) is 0 Å². The average molecular weight is 444 g/mol. The van der Waals surface area contributed by atoms with Crippen molar-refractivity contribution in [2.45, 2.75) is 6.92 Å². The van der Waals surface area contributed by atoms with Crippen LogP contribution in [0.25, 0.3) is 0 Å². The van der Waals surface area contributed by atoms with Crippen LogP contribution in [0.2, 0.25) is 0 Å². The Morgan fingerprint density at radius 3 is 2.13 bits per heavy atom. The Labute approximate surface area is 149 Å². The van der Waals surface area contributed by atoms with Crippen molar-refractivity contribution < 1.29 is 24.2 Å².